The zero-order chi connectivity index (χ0) is 14.4. The van der Waals surface area contributed by atoms with E-state index in [1.807, 2.05) is 6.20 Å². The first-order valence-corrected chi connectivity index (χ1v) is 8.46. The van der Waals surface area contributed by atoms with Crippen LogP contribution in [0.25, 0.3) is 0 Å². The Hall–Kier alpha value is -0.910. The number of thiophene rings is 1. The summed E-state index contributed by atoms with van der Waals surface area (Å²) in [5.41, 5.74) is 2.59. The molecule has 0 aliphatic heterocycles. The summed E-state index contributed by atoms with van der Waals surface area (Å²) in [7, 11) is 2.08. The molecular formula is C15H20BrN3S. The quantitative estimate of drug-likeness (QED) is 0.761. The molecule has 0 amide bonds. The van der Waals surface area contributed by atoms with Crippen molar-refractivity contribution in [2.75, 3.05) is 18.5 Å². The van der Waals surface area contributed by atoms with E-state index < -0.39 is 0 Å². The van der Waals surface area contributed by atoms with Crippen molar-refractivity contribution in [3.8, 4) is 0 Å². The Balaban J connectivity index is 1.98. The monoisotopic (exact) mass is 353 g/mol. The van der Waals surface area contributed by atoms with E-state index in [4.69, 9.17) is 0 Å². The molecule has 20 heavy (non-hydrogen) atoms. The maximum atomic E-state index is 4.46. The minimum atomic E-state index is 0.876. The van der Waals surface area contributed by atoms with Crippen LogP contribution < -0.4 is 10.2 Å². The van der Waals surface area contributed by atoms with Crippen LogP contribution in [0.15, 0.2) is 33.6 Å². The Morgan fingerprint density at radius 2 is 2.20 bits per heavy atom. The normalized spacial score (nSPS) is 10.8. The van der Waals surface area contributed by atoms with E-state index in [1.165, 1.54) is 14.9 Å². The lowest BCUT2D eigenvalue weighted by Crippen LogP contribution is -2.18. The Morgan fingerprint density at radius 1 is 1.35 bits per heavy atom. The zero-order valence-corrected chi connectivity index (χ0v) is 14.3. The average molecular weight is 354 g/mol. The van der Waals surface area contributed by atoms with Crippen LogP contribution in [0.1, 0.15) is 24.5 Å². The Bertz CT molecular complexity index is 541. The van der Waals surface area contributed by atoms with Gasteiger partial charge in [-0.3, -0.25) is 0 Å². The van der Waals surface area contributed by atoms with Crippen molar-refractivity contribution in [1.82, 2.24) is 10.3 Å². The standard InChI is InChI=1S/C15H20BrN3S/c1-3-5-17-9-12-4-6-18-15(8-12)19(2)10-13-7-14(16)20-11-13/h4,6-8,11,17H,3,5,9-10H2,1-2H3. The molecule has 0 bridgehead atoms. The molecule has 5 heteroatoms. The number of halogens is 1. The van der Waals surface area contributed by atoms with Gasteiger partial charge in [0.2, 0.25) is 0 Å². The minimum absolute atomic E-state index is 0.876. The van der Waals surface area contributed by atoms with E-state index in [2.05, 4.69) is 68.7 Å². The number of rotatable bonds is 7. The molecule has 0 atom stereocenters. The largest absolute Gasteiger partial charge is 0.355 e. The van der Waals surface area contributed by atoms with Gasteiger partial charge in [0.25, 0.3) is 0 Å². The van der Waals surface area contributed by atoms with E-state index >= 15 is 0 Å². The predicted molar refractivity (Wildman–Crippen MR) is 90.4 cm³/mol. The third-order valence-electron chi connectivity index (χ3n) is 3.00. The van der Waals surface area contributed by atoms with Gasteiger partial charge in [-0.15, -0.1) is 11.3 Å². The van der Waals surface area contributed by atoms with Crippen molar-refractivity contribution in [3.63, 3.8) is 0 Å². The van der Waals surface area contributed by atoms with Gasteiger partial charge >= 0.3 is 0 Å². The van der Waals surface area contributed by atoms with Gasteiger partial charge < -0.3 is 10.2 Å². The van der Waals surface area contributed by atoms with Crippen LogP contribution in [0.3, 0.4) is 0 Å². The van der Waals surface area contributed by atoms with Gasteiger partial charge in [-0.05, 0) is 63.6 Å². The van der Waals surface area contributed by atoms with Crippen molar-refractivity contribution in [3.05, 3.63) is 44.7 Å². The molecule has 2 aromatic rings. The van der Waals surface area contributed by atoms with E-state index in [1.54, 1.807) is 11.3 Å². The average Bonchev–Trinajstić information content (AvgIpc) is 2.85. The highest BCUT2D eigenvalue weighted by molar-refractivity contribution is 9.11. The van der Waals surface area contributed by atoms with Gasteiger partial charge in [0.15, 0.2) is 0 Å². The van der Waals surface area contributed by atoms with Gasteiger partial charge in [0.05, 0.1) is 3.79 Å². The summed E-state index contributed by atoms with van der Waals surface area (Å²) in [5, 5.41) is 5.59. The molecule has 0 aliphatic rings. The summed E-state index contributed by atoms with van der Waals surface area (Å²) >= 11 is 5.22. The van der Waals surface area contributed by atoms with Crippen molar-refractivity contribution in [2.45, 2.75) is 26.4 Å². The summed E-state index contributed by atoms with van der Waals surface area (Å²) in [4.78, 5) is 6.64. The highest BCUT2D eigenvalue weighted by Crippen LogP contribution is 2.23. The third kappa shape index (κ3) is 4.58. The molecular weight excluding hydrogens is 334 g/mol. The number of anilines is 1. The number of aromatic nitrogens is 1. The highest BCUT2D eigenvalue weighted by atomic mass is 79.9. The lowest BCUT2D eigenvalue weighted by atomic mass is 10.2. The second kappa shape index (κ2) is 7.76. The minimum Gasteiger partial charge on any atom is -0.355 e. The summed E-state index contributed by atoms with van der Waals surface area (Å²) < 4.78 is 1.17. The summed E-state index contributed by atoms with van der Waals surface area (Å²) in [5.74, 6) is 1.02. The van der Waals surface area contributed by atoms with E-state index in [9.17, 15) is 0 Å². The molecule has 0 saturated heterocycles. The number of hydrogen-bond acceptors (Lipinski definition) is 4. The van der Waals surface area contributed by atoms with Crippen molar-refractivity contribution < 1.29 is 0 Å². The first-order valence-electron chi connectivity index (χ1n) is 6.78. The molecule has 0 spiro atoms. The molecule has 108 valence electrons. The lowest BCUT2D eigenvalue weighted by Gasteiger charge is -2.18. The van der Waals surface area contributed by atoms with Crippen LogP contribution in [0, 0.1) is 0 Å². The summed E-state index contributed by atoms with van der Waals surface area (Å²) in [6.45, 7) is 5.01. The topological polar surface area (TPSA) is 28.2 Å². The third-order valence-corrected chi connectivity index (χ3v) is 4.55. The summed E-state index contributed by atoms with van der Waals surface area (Å²) in [6.07, 6.45) is 3.04. The molecule has 2 aromatic heterocycles. The maximum absolute atomic E-state index is 4.46. The van der Waals surface area contributed by atoms with Gasteiger partial charge in [-0.25, -0.2) is 4.98 Å². The maximum Gasteiger partial charge on any atom is 0.128 e. The lowest BCUT2D eigenvalue weighted by molar-refractivity contribution is 0.674. The van der Waals surface area contributed by atoms with Crippen LogP contribution in [-0.2, 0) is 13.1 Å². The fraction of sp³-hybridized carbons (Fsp3) is 0.400. The number of hydrogen-bond donors (Lipinski definition) is 1. The van der Waals surface area contributed by atoms with Crippen LogP contribution >= 0.6 is 27.3 Å². The first-order chi connectivity index (χ1) is 9.69. The molecule has 2 rings (SSSR count). The Morgan fingerprint density at radius 3 is 2.90 bits per heavy atom. The van der Waals surface area contributed by atoms with Crippen LogP contribution in [0.5, 0.6) is 0 Å². The smallest absolute Gasteiger partial charge is 0.128 e. The van der Waals surface area contributed by atoms with Crippen molar-refractivity contribution >= 4 is 33.1 Å². The molecule has 0 aromatic carbocycles. The molecule has 0 unspecified atom stereocenters. The number of nitrogens with zero attached hydrogens (tertiary/aromatic N) is 2. The van der Waals surface area contributed by atoms with Crippen LogP contribution in [0.4, 0.5) is 5.82 Å². The summed E-state index contributed by atoms with van der Waals surface area (Å²) in [6, 6.07) is 6.39. The van der Waals surface area contributed by atoms with Crippen LogP contribution in [0.2, 0.25) is 0 Å². The van der Waals surface area contributed by atoms with Gasteiger partial charge in [0.1, 0.15) is 5.82 Å². The second-order valence-electron chi connectivity index (χ2n) is 4.81. The molecule has 0 fully saturated rings. The van der Waals surface area contributed by atoms with Gasteiger partial charge in [-0.2, -0.15) is 0 Å². The Kier molecular flexibility index (Phi) is 6.01. The molecule has 0 radical (unpaired) electrons. The molecule has 0 saturated carbocycles. The molecule has 1 N–H and O–H groups in total. The Labute approximate surface area is 133 Å². The number of nitrogens with one attached hydrogen (secondary N) is 1. The number of pyridine rings is 1. The fourth-order valence-corrected chi connectivity index (χ4v) is 3.17. The van der Waals surface area contributed by atoms with Crippen molar-refractivity contribution in [1.29, 1.82) is 0 Å². The molecule has 2 heterocycles. The van der Waals surface area contributed by atoms with Gasteiger partial charge in [-0.1, -0.05) is 6.92 Å². The SMILES string of the molecule is CCCNCc1ccnc(N(C)Cc2csc(Br)c2)c1. The second-order valence-corrected chi connectivity index (χ2v) is 7.10. The molecule has 3 nitrogen and oxygen atoms in total. The predicted octanol–water partition coefficient (Wildman–Crippen LogP) is 4.04. The highest BCUT2D eigenvalue weighted by Gasteiger charge is 2.06. The zero-order valence-electron chi connectivity index (χ0n) is 11.9. The first kappa shape index (κ1) is 15.5. The van der Waals surface area contributed by atoms with E-state index in [0.717, 1.165) is 31.9 Å². The van der Waals surface area contributed by atoms with E-state index in [-0.39, 0.29) is 0 Å². The van der Waals surface area contributed by atoms with E-state index in [0.29, 0.717) is 0 Å². The van der Waals surface area contributed by atoms with Crippen LogP contribution in [-0.4, -0.2) is 18.6 Å². The van der Waals surface area contributed by atoms with Gasteiger partial charge in [0, 0.05) is 26.3 Å². The fourth-order valence-electron chi connectivity index (χ4n) is 1.97. The van der Waals surface area contributed by atoms with Crippen molar-refractivity contribution in [2.24, 2.45) is 0 Å². The molecule has 0 aliphatic carbocycles.